The molecule has 1 aromatic rings. The number of amides is 3. The van der Waals surface area contributed by atoms with Crippen molar-refractivity contribution in [3.8, 4) is 0 Å². The lowest BCUT2D eigenvalue weighted by Crippen LogP contribution is -2.38. The van der Waals surface area contributed by atoms with Gasteiger partial charge in [-0.3, -0.25) is 4.79 Å². The van der Waals surface area contributed by atoms with Crippen LogP contribution in [0, 0.1) is 6.92 Å². The fraction of sp³-hybridized carbons (Fsp3) is 0.500. The summed E-state index contributed by atoms with van der Waals surface area (Å²) < 4.78 is 0. The van der Waals surface area contributed by atoms with Gasteiger partial charge in [0.1, 0.15) is 0 Å². The Kier molecular flexibility index (Phi) is 7.99. The average molecular weight is 306 g/mol. The Bertz CT molecular complexity index is 491. The predicted octanol–water partition coefficient (Wildman–Crippen LogP) is 1.21. The molecule has 5 N–H and O–H groups in total. The standard InChI is InChI=1S/C16H26N4O2/c1-3-7-18-8-9-19-15(21)11-14(20-16(17)22)13-6-4-5-12(2)10-13/h4-6,10,14,18H,3,7-9,11H2,1-2H3,(H,19,21)(H3,17,20,22). The van der Waals surface area contributed by atoms with Gasteiger partial charge >= 0.3 is 6.03 Å². The highest BCUT2D eigenvalue weighted by molar-refractivity contribution is 5.78. The van der Waals surface area contributed by atoms with Gasteiger partial charge in [-0.1, -0.05) is 36.8 Å². The first-order chi connectivity index (χ1) is 10.5. The number of carbonyl (C=O) groups excluding carboxylic acids is 2. The number of rotatable bonds is 9. The van der Waals surface area contributed by atoms with Crippen LogP contribution in [0.4, 0.5) is 4.79 Å². The summed E-state index contributed by atoms with van der Waals surface area (Å²) in [5, 5.41) is 8.67. The Balaban J connectivity index is 2.54. The van der Waals surface area contributed by atoms with Crippen molar-refractivity contribution >= 4 is 11.9 Å². The highest BCUT2D eigenvalue weighted by Gasteiger charge is 2.17. The molecular weight excluding hydrogens is 280 g/mol. The van der Waals surface area contributed by atoms with Crippen LogP contribution in [0.3, 0.4) is 0 Å². The van der Waals surface area contributed by atoms with E-state index in [9.17, 15) is 9.59 Å². The lowest BCUT2D eigenvalue weighted by molar-refractivity contribution is -0.121. The number of carbonyl (C=O) groups is 2. The third-order valence-corrected chi connectivity index (χ3v) is 3.20. The molecule has 1 atom stereocenters. The van der Waals surface area contributed by atoms with Gasteiger partial charge in [0.25, 0.3) is 0 Å². The second-order valence-electron chi connectivity index (χ2n) is 5.28. The van der Waals surface area contributed by atoms with E-state index in [1.54, 1.807) is 0 Å². The second-order valence-corrected chi connectivity index (χ2v) is 5.28. The van der Waals surface area contributed by atoms with Gasteiger partial charge in [0.05, 0.1) is 12.5 Å². The van der Waals surface area contributed by atoms with E-state index in [0.29, 0.717) is 6.54 Å². The monoisotopic (exact) mass is 306 g/mol. The molecule has 22 heavy (non-hydrogen) atoms. The van der Waals surface area contributed by atoms with Crippen molar-refractivity contribution in [2.45, 2.75) is 32.7 Å². The minimum atomic E-state index is -0.635. The first-order valence-corrected chi connectivity index (χ1v) is 7.63. The van der Waals surface area contributed by atoms with Crippen LogP contribution >= 0.6 is 0 Å². The van der Waals surface area contributed by atoms with Gasteiger partial charge in [0, 0.05) is 13.1 Å². The van der Waals surface area contributed by atoms with E-state index in [2.05, 4.69) is 22.9 Å². The summed E-state index contributed by atoms with van der Waals surface area (Å²) in [6.45, 7) is 6.29. The van der Waals surface area contributed by atoms with Crippen molar-refractivity contribution in [2.24, 2.45) is 5.73 Å². The number of primary amides is 1. The predicted molar refractivity (Wildman–Crippen MR) is 87.4 cm³/mol. The third kappa shape index (κ3) is 7.08. The third-order valence-electron chi connectivity index (χ3n) is 3.20. The zero-order valence-electron chi connectivity index (χ0n) is 13.3. The van der Waals surface area contributed by atoms with E-state index >= 15 is 0 Å². The van der Waals surface area contributed by atoms with Gasteiger partial charge < -0.3 is 21.7 Å². The molecule has 0 aliphatic carbocycles. The maximum Gasteiger partial charge on any atom is 0.312 e. The van der Waals surface area contributed by atoms with Gasteiger partial charge in [0.2, 0.25) is 5.91 Å². The highest BCUT2D eigenvalue weighted by Crippen LogP contribution is 2.17. The van der Waals surface area contributed by atoms with Gasteiger partial charge in [-0.2, -0.15) is 0 Å². The van der Waals surface area contributed by atoms with Crippen LogP contribution in [0.5, 0.6) is 0 Å². The average Bonchev–Trinajstić information content (AvgIpc) is 2.46. The Morgan fingerprint density at radius 3 is 2.64 bits per heavy atom. The molecule has 0 fully saturated rings. The molecule has 0 aliphatic rings. The van der Waals surface area contributed by atoms with E-state index < -0.39 is 12.1 Å². The lowest BCUT2D eigenvalue weighted by atomic mass is 10.0. The summed E-state index contributed by atoms with van der Waals surface area (Å²) in [6.07, 6.45) is 1.23. The van der Waals surface area contributed by atoms with Crippen molar-refractivity contribution in [2.75, 3.05) is 19.6 Å². The summed E-state index contributed by atoms with van der Waals surface area (Å²) in [5.74, 6) is -0.112. The smallest absolute Gasteiger partial charge is 0.312 e. The number of nitrogens with one attached hydrogen (secondary N) is 3. The van der Waals surface area contributed by atoms with Crippen LogP contribution < -0.4 is 21.7 Å². The molecule has 6 nitrogen and oxygen atoms in total. The Labute approximate surface area is 131 Å². The quantitative estimate of drug-likeness (QED) is 0.516. The molecule has 0 saturated carbocycles. The normalized spacial score (nSPS) is 11.7. The molecular formula is C16H26N4O2. The topological polar surface area (TPSA) is 96.2 Å². The zero-order chi connectivity index (χ0) is 16.4. The van der Waals surface area contributed by atoms with Crippen molar-refractivity contribution < 1.29 is 9.59 Å². The van der Waals surface area contributed by atoms with Crippen molar-refractivity contribution in [3.63, 3.8) is 0 Å². The van der Waals surface area contributed by atoms with Crippen LogP contribution in [0.1, 0.15) is 36.9 Å². The van der Waals surface area contributed by atoms with E-state index in [-0.39, 0.29) is 12.3 Å². The molecule has 1 rings (SSSR count). The molecule has 0 heterocycles. The molecule has 122 valence electrons. The van der Waals surface area contributed by atoms with Crippen LogP contribution in [0.15, 0.2) is 24.3 Å². The molecule has 1 unspecified atom stereocenters. The molecule has 0 bridgehead atoms. The molecule has 0 saturated heterocycles. The summed E-state index contributed by atoms with van der Waals surface area (Å²) in [6, 6.07) is 6.63. The molecule has 0 aliphatic heterocycles. The van der Waals surface area contributed by atoms with Gasteiger partial charge in [-0.15, -0.1) is 0 Å². The van der Waals surface area contributed by atoms with Crippen molar-refractivity contribution in [3.05, 3.63) is 35.4 Å². The highest BCUT2D eigenvalue weighted by atomic mass is 16.2. The molecule has 0 radical (unpaired) electrons. The Morgan fingerprint density at radius 2 is 2.00 bits per heavy atom. The number of nitrogens with two attached hydrogens (primary N) is 1. The second kappa shape index (κ2) is 9.78. The molecule has 0 aromatic heterocycles. The molecule has 3 amide bonds. The summed E-state index contributed by atoms with van der Waals surface area (Å²) in [5.41, 5.74) is 7.15. The maximum atomic E-state index is 12.0. The first-order valence-electron chi connectivity index (χ1n) is 7.63. The SMILES string of the molecule is CCCNCCNC(=O)CC(NC(N)=O)c1cccc(C)c1. The summed E-state index contributed by atoms with van der Waals surface area (Å²) in [4.78, 5) is 23.1. The van der Waals surface area contributed by atoms with E-state index in [4.69, 9.17) is 5.73 Å². The van der Waals surface area contributed by atoms with E-state index in [0.717, 1.165) is 30.6 Å². The fourth-order valence-corrected chi connectivity index (χ4v) is 2.16. The number of hydrogen-bond donors (Lipinski definition) is 4. The maximum absolute atomic E-state index is 12.0. The van der Waals surface area contributed by atoms with Crippen molar-refractivity contribution in [1.82, 2.24) is 16.0 Å². The number of benzene rings is 1. The van der Waals surface area contributed by atoms with Crippen LogP contribution in [0.25, 0.3) is 0 Å². The number of hydrogen-bond acceptors (Lipinski definition) is 3. The first kappa shape index (κ1) is 18.0. The zero-order valence-corrected chi connectivity index (χ0v) is 13.3. The van der Waals surface area contributed by atoms with E-state index in [1.165, 1.54) is 0 Å². The van der Waals surface area contributed by atoms with Gasteiger partial charge in [-0.05, 0) is 25.5 Å². The molecule has 1 aromatic carbocycles. The van der Waals surface area contributed by atoms with Crippen LogP contribution in [0.2, 0.25) is 0 Å². The fourth-order valence-electron chi connectivity index (χ4n) is 2.16. The number of aryl methyl sites for hydroxylation is 1. The lowest BCUT2D eigenvalue weighted by Gasteiger charge is -2.18. The largest absolute Gasteiger partial charge is 0.355 e. The van der Waals surface area contributed by atoms with Crippen LogP contribution in [-0.4, -0.2) is 31.6 Å². The Morgan fingerprint density at radius 1 is 1.23 bits per heavy atom. The summed E-state index contributed by atoms with van der Waals surface area (Å²) >= 11 is 0. The Hall–Kier alpha value is -2.08. The number of urea groups is 1. The minimum Gasteiger partial charge on any atom is -0.355 e. The van der Waals surface area contributed by atoms with Gasteiger partial charge in [0.15, 0.2) is 0 Å². The molecule has 6 heteroatoms. The summed E-state index contributed by atoms with van der Waals surface area (Å²) in [7, 11) is 0. The van der Waals surface area contributed by atoms with Gasteiger partial charge in [-0.25, -0.2) is 4.79 Å². The molecule has 0 spiro atoms. The van der Waals surface area contributed by atoms with E-state index in [1.807, 2.05) is 31.2 Å². The van der Waals surface area contributed by atoms with Crippen LogP contribution in [-0.2, 0) is 4.79 Å². The van der Waals surface area contributed by atoms with Crippen molar-refractivity contribution in [1.29, 1.82) is 0 Å². The minimum absolute atomic E-state index is 0.112.